The van der Waals surface area contributed by atoms with Gasteiger partial charge in [0.2, 0.25) is 0 Å². The Kier molecular flexibility index (Phi) is 6.30. The number of aliphatic hydroxyl groups excluding tert-OH is 1. The minimum Gasteiger partial charge on any atom is -0.396 e. The SMILES string of the molecule is O=C(NCCSCCCO)c1cncn1-c1ccccc1. The molecule has 1 aromatic carbocycles. The van der Waals surface area contributed by atoms with Crippen LogP contribution in [-0.4, -0.2) is 45.2 Å². The van der Waals surface area contributed by atoms with E-state index in [1.807, 2.05) is 30.3 Å². The first-order valence-electron chi connectivity index (χ1n) is 6.87. The zero-order valence-electron chi connectivity index (χ0n) is 11.7. The van der Waals surface area contributed by atoms with Crippen LogP contribution in [0.4, 0.5) is 0 Å². The fourth-order valence-electron chi connectivity index (χ4n) is 1.85. The number of nitrogens with zero attached hydrogens (tertiary/aromatic N) is 2. The predicted molar refractivity (Wildman–Crippen MR) is 84.9 cm³/mol. The van der Waals surface area contributed by atoms with E-state index >= 15 is 0 Å². The number of aromatic nitrogens is 2. The summed E-state index contributed by atoms with van der Waals surface area (Å²) < 4.78 is 1.77. The van der Waals surface area contributed by atoms with Gasteiger partial charge in [0, 0.05) is 24.6 Å². The van der Waals surface area contributed by atoms with Gasteiger partial charge in [-0.2, -0.15) is 11.8 Å². The number of imidazole rings is 1. The molecule has 2 rings (SSSR count). The first kappa shape index (κ1) is 15.6. The average molecular weight is 305 g/mol. The highest BCUT2D eigenvalue weighted by Gasteiger charge is 2.12. The van der Waals surface area contributed by atoms with Crippen LogP contribution in [0, 0.1) is 0 Å². The van der Waals surface area contributed by atoms with E-state index in [9.17, 15) is 4.79 Å². The number of para-hydroxylation sites is 1. The molecule has 0 saturated carbocycles. The lowest BCUT2D eigenvalue weighted by atomic mass is 10.3. The zero-order chi connectivity index (χ0) is 14.9. The van der Waals surface area contributed by atoms with Crippen LogP contribution in [0.3, 0.4) is 0 Å². The summed E-state index contributed by atoms with van der Waals surface area (Å²) in [7, 11) is 0. The number of hydrogen-bond donors (Lipinski definition) is 2. The van der Waals surface area contributed by atoms with Crippen LogP contribution in [0.15, 0.2) is 42.9 Å². The summed E-state index contributed by atoms with van der Waals surface area (Å²) in [5.41, 5.74) is 1.44. The number of amides is 1. The topological polar surface area (TPSA) is 67.2 Å². The molecule has 21 heavy (non-hydrogen) atoms. The number of aliphatic hydroxyl groups is 1. The Morgan fingerprint density at radius 1 is 1.29 bits per heavy atom. The lowest BCUT2D eigenvalue weighted by Gasteiger charge is -2.08. The molecule has 2 N–H and O–H groups in total. The standard InChI is InChI=1S/C15H19N3O2S/c19-8-4-9-21-10-7-17-15(20)14-11-16-12-18(14)13-5-2-1-3-6-13/h1-3,5-6,11-12,19H,4,7-10H2,(H,17,20). The predicted octanol–water partition coefficient (Wildman–Crippen LogP) is 1.72. The van der Waals surface area contributed by atoms with E-state index in [4.69, 9.17) is 5.11 Å². The molecule has 0 atom stereocenters. The molecule has 1 aromatic heterocycles. The third-order valence-electron chi connectivity index (χ3n) is 2.88. The first-order chi connectivity index (χ1) is 10.3. The Hall–Kier alpha value is -1.79. The van der Waals surface area contributed by atoms with Crippen molar-refractivity contribution in [3.05, 3.63) is 48.5 Å². The highest BCUT2D eigenvalue weighted by Crippen LogP contribution is 2.10. The molecule has 0 fully saturated rings. The molecule has 0 saturated heterocycles. The number of hydrogen-bond acceptors (Lipinski definition) is 4. The van der Waals surface area contributed by atoms with Gasteiger partial charge in [0.1, 0.15) is 5.69 Å². The molecule has 0 aliphatic rings. The number of carbonyl (C=O) groups is 1. The molecular formula is C15H19N3O2S. The molecule has 112 valence electrons. The number of rotatable bonds is 8. The zero-order valence-corrected chi connectivity index (χ0v) is 12.6. The molecule has 0 bridgehead atoms. The summed E-state index contributed by atoms with van der Waals surface area (Å²) in [5.74, 6) is 1.62. The number of thioether (sulfide) groups is 1. The third kappa shape index (κ3) is 4.61. The normalized spacial score (nSPS) is 10.5. The van der Waals surface area contributed by atoms with Gasteiger partial charge in [0.05, 0.1) is 12.5 Å². The van der Waals surface area contributed by atoms with Crippen LogP contribution < -0.4 is 5.32 Å². The number of benzene rings is 1. The van der Waals surface area contributed by atoms with Gasteiger partial charge in [-0.1, -0.05) is 18.2 Å². The van der Waals surface area contributed by atoms with Crippen LogP contribution >= 0.6 is 11.8 Å². The Morgan fingerprint density at radius 2 is 2.10 bits per heavy atom. The van der Waals surface area contributed by atoms with Gasteiger partial charge in [-0.25, -0.2) is 4.98 Å². The summed E-state index contributed by atoms with van der Waals surface area (Å²) in [5, 5.41) is 11.6. The van der Waals surface area contributed by atoms with Crippen molar-refractivity contribution in [3.8, 4) is 5.69 Å². The molecule has 1 heterocycles. The smallest absolute Gasteiger partial charge is 0.269 e. The fourth-order valence-corrected chi connectivity index (χ4v) is 2.64. The molecule has 6 heteroatoms. The van der Waals surface area contributed by atoms with Crippen LogP contribution in [0.25, 0.3) is 5.69 Å². The van der Waals surface area contributed by atoms with Crippen molar-refractivity contribution in [2.75, 3.05) is 24.7 Å². The fraction of sp³-hybridized carbons (Fsp3) is 0.333. The third-order valence-corrected chi connectivity index (χ3v) is 3.95. The van der Waals surface area contributed by atoms with E-state index in [2.05, 4.69) is 10.3 Å². The molecular weight excluding hydrogens is 286 g/mol. The lowest BCUT2D eigenvalue weighted by Crippen LogP contribution is -2.27. The molecule has 5 nitrogen and oxygen atoms in total. The largest absolute Gasteiger partial charge is 0.396 e. The van der Waals surface area contributed by atoms with Gasteiger partial charge < -0.3 is 10.4 Å². The summed E-state index contributed by atoms with van der Waals surface area (Å²) in [6, 6.07) is 9.65. The van der Waals surface area contributed by atoms with Gasteiger partial charge in [0.25, 0.3) is 5.91 Å². The molecule has 0 radical (unpaired) electrons. The van der Waals surface area contributed by atoms with Gasteiger partial charge in [-0.05, 0) is 24.3 Å². The number of carbonyl (C=O) groups excluding carboxylic acids is 1. The van der Waals surface area contributed by atoms with E-state index in [0.29, 0.717) is 12.2 Å². The Labute approximate surface area is 128 Å². The van der Waals surface area contributed by atoms with Crippen molar-refractivity contribution in [3.63, 3.8) is 0 Å². The summed E-state index contributed by atoms with van der Waals surface area (Å²) >= 11 is 1.72. The summed E-state index contributed by atoms with van der Waals surface area (Å²) in [6.45, 7) is 0.824. The van der Waals surface area contributed by atoms with Crippen molar-refractivity contribution in [1.29, 1.82) is 0 Å². The molecule has 0 unspecified atom stereocenters. The Bertz CT molecular complexity index is 557. The van der Waals surface area contributed by atoms with Crippen LogP contribution in [0.2, 0.25) is 0 Å². The monoisotopic (exact) mass is 305 g/mol. The van der Waals surface area contributed by atoms with Crippen LogP contribution in [0.1, 0.15) is 16.9 Å². The van der Waals surface area contributed by atoms with Crippen molar-refractivity contribution < 1.29 is 9.90 Å². The minimum absolute atomic E-state index is 0.126. The first-order valence-corrected chi connectivity index (χ1v) is 8.03. The van der Waals surface area contributed by atoms with Crippen molar-refractivity contribution in [2.45, 2.75) is 6.42 Å². The lowest BCUT2D eigenvalue weighted by molar-refractivity contribution is 0.0949. The van der Waals surface area contributed by atoms with E-state index < -0.39 is 0 Å². The maximum absolute atomic E-state index is 12.2. The van der Waals surface area contributed by atoms with Crippen molar-refractivity contribution in [2.24, 2.45) is 0 Å². The van der Waals surface area contributed by atoms with Crippen LogP contribution in [-0.2, 0) is 0 Å². The van der Waals surface area contributed by atoms with Gasteiger partial charge in [0.15, 0.2) is 0 Å². The molecule has 0 aliphatic heterocycles. The quantitative estimate of drug-likeness (QED) is 0.729. The van der Waals surface area contributed by atoms with Crippen molar-refractivity contribution >= 4 is 17.7 Å². The highest BCUT2D eigenvalue weighted by molar-refractivity contribution is 7.99. The van der Waals surface area contributed by atoms with Gasteiger partial charge in [-0.15, -0.1) is 0 Å². The van der Waals surface area contributed by atoms with Crippen LogP contribution in [0.5, 0.6) is 0 Å². The maximum atomic E-state index is 12.2. The maximum Gasteiger partial charge on any atom is 0.269 e. The summed E-state index contributed by atoms with van der Waals surface area (Å²) in [4.78, 5) is 16.2. The van der Waals surface area contributed by atoms with Crippen molar-refractivity contribution in [1.82, 2.24) is 14.9 Å². The van der Waals surface area contributed by atoms with E-state index in [0.717, 1.165) is 23.6 Å². The van der Waals surface area contributed by atoms with E-state index in [1.54, 1.807) is 28.9 Å². The van der Waals surface area contributed by atoms with E-state index in [-0.39, 0.29) is 12.5 Å². The minimum atomic E-state index is -0.126. The van der Waals surface area contributed by atoms with Gasteiger partial charge >= 0.3 is 0 Å². The van der Waals surface area contributed by atoms with Gasteiger partial charge in [-0.3, -0.25) is 9.36 Å². The highest BCUT2D eigenvalue weighted by atomic mass is 32.2. The Balaban J connectivity index is 1.88. The molecule has 1 amide bonds. The summed E-state index contributed by atoms with van der Waals surface area (Å²) in [6.07, 6.45) is 4.00. The molecule has 2 aromatic rings. The molecule has 0 spiro atoms. The average Bonchev–Trinajstić information content (AvgIpc) is 3.01. The Morgan fingerprint density at radius 3 is 2.86 bits per heavy atom. The second-order valence-electron chi connectivity index (χ2n) is 4.43. The second-order valence-corrected chi connectivity index (χ2v) is 5.65. The number of nitrogens with one attached hydrogen (secondary N) is 1. The molecule has 0 aliphatic carbocycles. The van der Waals surface area contributed by atoms with E-state index in [1.165, 1.54) is 0 Å². The second kappa shape index (κ2) is 8.49.